The van der Waals surface area contributed by atoms with Crippen LogP contribution in [0.3, 0.4) is 0 Å². The summed E-state index contributed by atoms with van der Waals surface area (Å²) in [5.74, 6) is 0. The number of benzene rings is 21. The molecule has 0 bridgehead atoms. The van der Waals surface area contributed by atoms with E-state index in [9.17, 15) is 0 Å². The molecule has 21 aromatic carbocycles. The molecule has 0 unspecified atom stereocenters. The van der Waals surface area contributed by atoms with Gasteiger partial charge in [0, 0.05) is 83.8 Å². The first-order chi connectivity index (χ1) is 60.1. The predicted molar refractivity (Wildman–Crippen MR) is 515 cm³/mol. The van der Waals surface area contributed by atoms with Gasteiger partial charge in [0.25, 0.3) is 0 Å². The molecule has 0 aromatic heterocycles. The average Bonchev–Trinajstić information content (AvgIpc) is 0.705. The van der Waals surface area contributed by atoms with Crippen molar-refractivity contribution in [2.45, 2.75) is 0 Å². The van der Waals surface area contributed by atoms with E-state index in [1.807, 2.05) is 0 Å². The number of anilines is 15. The van der Waals surface area contributed by atoms with Gasteiger partial charge >= 0.3 is 0 Å². The van der Waals surface area contributed by atoms with E-state index in [2.05, 4.69) is 516 Å². The summed E-state index contributed by atoms with van der Waals surface area (Å²) >= 11 is 0. The van der Waals surface area contributed by atoms with Crippen molar-refractivity contribution in [3.8, 4) is 55.6 Å². The quantitative estimate of drug-likeness (QED) is 0.0754. The van der Waals surface area contributed by atoms with Gasteiger partial charge in [-0.15, -0.1) is 0 Å². The minimum absolute atomic E-state index is 1.05. The first-order valence-electron chi connectivity index (χ1n) is 41.5. The van der Waals surface area contributed by atoms with E-state index in [4.69, 9.17) is 0 Å². The number of nitrogens with zero attached hydrogens (tertiary/aromatic N) is 5. The fraction of sp³-hybridized carbons (Fsp3) is 0. The molecule has 0 aliphatic rings. The molecule has 21 rings (SSSR count). The van der Waals surface area contributed by atoms with E-state index in [1.165, 1.54) is 0 Å². The molecule has 0 atom stereocenters. The maximum absolute atomic E-state index is 2.60. The largest absolute Gasteiger partial charge is 0.310 e. The van der Waals surface area contributed by atoms with Crippen molar-refractivity contribution >= 4 is 139 Å². The Hall–Kier alpha value is -16.1. The monoisotopic (exact) mass is 1540 g/mol. The maximum atomic E-state index is 2.60. The third kappa shape index (κ3) is 13.4. The van der Waals surface area contributed by atoms with Crippen LogP contribution in [0.25, 0.3) is 109 Å². The van der Waals surface area contributed by atoms with Crippen molar-refractivity contribution in [2.75, 3.05) is 24.5 Å². The molecule has 570 valence electrons. The Balaban J connectivity index is 0.971. The minimum atomic E-state index is 1.05. The second kappa shape index (κ2) is 32.2. The van der Waals surface area contributed by atoms with Crippen LogP contribution in [0.4, 0.5) is 85.3 Å². The van der Waals surface area contributed by atoms with Crippen LogP contribution >= 0.6 is 0 Å². The highest BCUT2D eigenvalue weighted by atomic mass is 15.2. The molecular weight excluding hydrogens is 1460 g/mol. The summed E-state index contributed by atoms with van der Waals surface area (Å²) in [6, 6.07) is 181. The molecule has 21 aromatic rings. The fourth-order valence-corrected chi connectivity index (χ4v) is 18.4. The highest BCUT2D eigenvalue weighted by Crippen LogP contribution is 2.58. The summed E-state index contributed by atoms with van der Waals surface area (Å²) in [4.78, 5) is 12.1. The van der Waals surface area contributed by atoms with Crippen molar-refractivity contribution in [1.29, 1.82) is 0 Å². The Bertz CT molecular complexity index is 6750. The van der Waals surface area contributed by atoms with E-state index >= 15 is 0 Å². The number of rotatable bonds is 20. The normalized spacial score (nSPS) is 11.3. The highest BCUT2D eigenvalue weighted by molar-refractivity contribution is 6.23. The van der Waals surface area contributed by atoms with E-state index < -0.39 is 0 Å². The molecule has 0 aliphatic carbocycles. The number of hydrogen-bond donors (Lipinski definition) is 0. The smallest absolute Gasteiger partial charge is 0.0540 e. The Labute approximate surface area is 705 Å². The predicted octanol–water partition coefficient (Wildman–Crippen LogP) is 33.1. The van der Waals surface area contributed by atoms with Crippen LogP contribution in [0, 0.1) is 0 Å². The van der Waals surface area contributed by atoms with Crippen molar-refractivity contribution in [1.82, 2.24) is 0 Å². The van der Waals surface area contributed by atoms with Crippen LogP contribution in [0.1, 0.15) is 0 Å². The van der Waals surface area contributed by atoms with Gasteiger partial charge in [-0.1, -0.05) is 334 Å². The van der Waals surface area contributed by atoms with E-state index in [0.717, 1.165) is 195 Å². The average molecular weight is 1540 g/mol. The zero-order valence-corrected chi connectivity index (χ0v) is 66.5. The Morgan fingerprint density at radius 2 is 0.248 bits per heavy atom. The molecule has 0 saturated carbocycles. The minimum Gasteiger partial charge on any atom is -0.310 e. The van der Waals surface area contributed by atoms with Crippen molar-refractivity contribution in [3.05, 3.63) is 491 Å². The van der Waals surface area contributed by atoms with Gasteiger partial charge in [-0.3, -0.25) is 0 Å². The fourth-order valence-electron chi connectivity index (χ4n) is 18.4. The molecule has 5 heteroatoms. The molecule has 5 nitrogen and oxygen atoms in total. The van der Waals surface area contributed by atoms with Crippen LogP contribution in [0.2, 0.25) is 0 Å². The van der Waals surface area contributed by atoms with Gasteiger partial charge in [-0.25, -0.2) is 0 Å². The SMILES string of the molecule is c1ccc(N(c2ccccc2)c2cccc3c(-c4cc(-c5cccc6c(N(c7ccccc7)c7ccccc7)cccc56)c(-c5cccc6c(N(c7ccccc7)c7ccccc7)cccc56)c(-c5cccc6c(N(c7ccccc7)c7ccccc7)cccc56)c4-c4cccc5c(N(c6ccccc6)c6ccccc6)cccc45)cccc23)cc1. The molecule has 0 radical (unpaired) electrons. The number of hydrogen-bond acceptors (Lipinski definition) is 5. The Kier molecular flexibility index (Phi) is 19.3. The summed E-state index contributed by atoms with van der Waals surface area (Å²) in [6.45, 7) is 0. The molecule has 0 spiro atoms. The van der Waals surface area contributed by atoms with Gasteiger partial charge in [0.05, 0.1) is 28.4 Å². The summed E-state index contributed by atoms with van der Waals surface area (Å²) < 4.78 is 0. The molecule has 0 amide bonds. The van der Waals surface area contributed by atoms with Crippen molar-refractivity contribution in [2.24, 2.45) is 0 Å². The molecule has 0 fully saturated rings. The van der Waals surface area contributed by atoms with Gasteiger partial charge in [-0.05, 0) is 240 Å². The van der Waals surface area contributed by atoms with Crippen molar-refractivity contribution in [3.63, 3.8) is 0 Å². The van der Waals surface area contributed by atoms with Crippen LogP contribution in [-0.2, 0) is 0 Å². The van der Waals surface area contributed by atoms with Crippen LogP contribution in [0.15, 0.2) is 491 Å². The molecule has 0 N–H and O–H groups in total. The lowest BCUT2D eigenvalue weighted by Gasteiger charge is -2.30. The molecular formula is C116H81N5. The third-order valence-electron chi connectivity index (χ3n) is 23.6. The molecule has 121 heavy (non-hydrogen) atoms. The highest BCUT2D eigenvalue weighted by Gasteiger charge is 2.32. The summed E-state index contributed by atoms with van der Waals surface area (Å²) in [5, 5.41) is 11.0. The lowest BCUT2D eigenvalue weighted by atomic mass is 9.75. The van der Waals surface area contributed by atoms with E-state index in [1.54, 1.807) is 0 Å². The van der Waals surface area contributed by atoms with Gasteiger partial charge in [0.2, 0.25) is 0 Å². The van der Waals surface area contributed by atoms with Crippen LogP contribution in [-0.4, -0.2) is 0 Å². The topological polar surface area (TPSA) is 16.2 Å². The summed E-state index contributed by atoms with van der Waals surface area (Å²) in [5.41, 5.74) is 26.6. The molecule has 0 heterocycles. The van der Waals surface area contributed by atoms with E-state index in [-0.39, 0.29) is 0 Å². The molecule has 0 aliphatic heterocycles. The number of para-hydroxylation sites is 10. The van der Waals surface area contributed by atoms with Crippen molar-refractivity contribution < 1.29 is 0 Å². The van der Waals surface area contributed by atoms with Gasteiger partial charge in [0.1, 0.15) is 0 Å². The van der Waals surface area contributed by atoms with Crippen LogP contribution < -0.4 is 24.5 Å². The summed E-state index contributed by atoms with van der Waals surface area (Å²) in [6.07, 6.45) is 0. The Morgan fingerprint density at radius 1 is 0.0992 bits per heavy atom. The van der Waals surface area contributed by atoms with E-state index in [0.29, 0.717) is 0 Å². The first-order valence-corrected chi connectivity index (χ1v) is 41.5. The second-order valence-corrected chi connectivity index (χ2v) is 30.5. The van der Waals surface area contributed by atoms with Crippen LogP contribution in [0.5, 0.6) is 0 Å². The Morgan fingerprint density at radius 3 is 0.438 bits per heavy atom. The standard InChI is InChI=1S/C116H81N5/c1-11-41-82(42-12-1)117(83-43-13-2-14-44-83)109-76-36-63-92-94(61-31-68-99(92)109)107-81-108(95-62-32-69-100-93(95)64-37-77-110(100)118(84-45-15-3-16-46-84)85-47-17-4-18-48-85)115(105-74-34-71-102-97(105)66-39-79-112(102)120(88-53-23-7-24-54-88)89-55-25-8-26-56-89)116(106-75-35-72-103-98(106)67-40-80-113(103)121(90-57-27-9-28-58-90)91-59-29-10-30-60-91)114(107)104-73-33-70-101-96(104)65-38-78-111(101)119(86-49-19-5-20-50-86)87-51-21-6-22-52-87/h1-81H. The zero-order valence-electron chi connectivity index (χ0n) is 66.5. The van der Waals surface area contributed by atoms with Gasteiger partial charge < -0.3 is 24.5 Å². The molecule has 0 saturated heterocycles. The lowest BCUT2D eigenvalue weighted by Crippen LogP contribution is -2.11. The summed E-state index contributed by atoms with van der Waals surface area (Å²) in [7, 11) is 0. The maximum Gasteiger partial charge on any atom is 0.0540 e. The first kappa shape index (κ1) is 72.6. The van der Waals surface area contributed by atoms with Gasteiger partial charge in [0.15, 0.2) is 0 Å². The second-order valence-electron chi connectivity index (χ2n) is 30.5. The van der Waals surface area contributed by atoms with Gasteiger partial charge in [-0.2, -0.15) is 0 Å². The number of fused-ring (bicyclic) bond motifs is 5. The lowest BCUT2D eigenvalue weighted by molar-refractivity contribution is 1.30. The third-order valence-corrected chi connectivity index (χ3v) is 23.6. The zero-order chi connectivity index (χ0) is 80.4.